The van der Waals surface area contributed by atoms with Crippen LogP contribution in [0.25, 0.3) is 22.5 Å². The first-order valence-electron chi connectivity index (χ1n) is 12.6. The highest BCUT2D eigenvalue weighted by Gasteiger charge is 2.20. The summed E-state index contributed by atoms with van der Waals surface area (Å²) in [6, 6.07) is 14.6. The molecule has 1 fully saturated rings. The molecule has 1 aliphatic rings. The summed E-state index contributed by atoms with van der Waals surface area (Å²) in [4.78, 5) is 16.0. The van der Waals surface area contributed by atoms with Gasteiger partial charge in [-0.1, -0.05) is 12.1 Å². The zero-order chi connectivity index (χ0) is 24.7. The fourth-order valence-corrected chi connectivity index (χ4v) is 4.73. The maximum Gasteiger partial charge on any atom is 0.227 e. The Morgan fingerprint density at radius 3 is 2.61 bits per heavy atom. The number of likely N-dealkylation sites (tertiary alicyclic amines) is 1. The third kappa shape index (κ3) is 5.61. The number of pyridine rings is 1. The summed E-state index contributed by atoms with van der Waals surface area (Å²) in [5, 5.41) is 8.12. The van der Waals surface area contributed by atoms with Gasteiger partial charge in [-0.15, -0.1) is 0 Å². The summed E-state index contributed by atoms with van der Waals surface area (Å²) in [5.74, 6) is 1.17. The minimum Gasteiger partial charge on any atom is -0.383 e. The summed E-state index contributed by atoms with van der Waals surface area (Å²) in [6.45, 7) is 6.94. The van der Waals surface area contributed by atoms with E-state index in [-0.39, 0.29) is 0 Å². The number of aromatic nitrogens is 5. The fourth-order valence-electron chi connectivity index (χ4n) is 4.73. The van der Waals surface area contributed by atoms with Gasteiger partial charge in [0.15, 0.2) is 0 Å². The molecule has 1 aromatic carbocycles. The number of ether oxygens (including phenoxy) is 1. The number of piperidine rings is 1. The monoisotopic (exact) mass is 483 g/mol. The third-order valence-corrected chi connectivity index (χ3v) is 6.79. The van der Waals surface area contributed by atoms with E-state index in [1.807, 2.05) is 35.3 Å². The van der Waals surface area contributed by atoms with E-state index >= 15 is 0 Å². The smallest absolute Gasteiger partial charge is 0.227 e. The minimum atomic E-state index is 0.563. The van der Waals surface area contributed by atoms with Crippen LogP contribution in [0.1, 0.15) is 31.2 Å². The number of nitrogens with zero attached hydrogens (tertiary/aromatic N) is 6. The normalized spacial score (nSPS) is 14.7. The van der Waals surface area contributed by atoms with Gasteiger partial charge in [0.05, 0.1) is 12.3 Å². The molecule has 0 amide bonds. The standard InChI is InChI=1S/C28H33N7O/c1-3-35-20-25(27(33-35)23-5-4-13-29-19-23)26-10-14-30-28(32-26)31-24-8-6-21(7-9-24)22-11-15-34(16-12-22)17-18-36-2/h4-10,13-14,19-20,22H,3,11-12,15-18H2,1-2H3,(H,30,31,32). The van der Waals surface area contributed by atoms with Crippen LogP contribution in [0.2, 0.25) is 0 Å². The van der Waals surface area contributed by atoms with Crippen molar-refractivity contribution in [2.75, 3.05) is 38.7 Å². The van der Waals surface area contributed by atoms with E-state index in [0.717, 1.165) is 61.0 Å². The molecule has 8 heteroatoms. The molecular formula is C28H33N7O. The van der Waals surface area contributed by atoms with Crippen molar-refractivity contribution in [1.82, 2.24) is 29.6 Å². The zero-order valence-corrected chi connectivity index (χ0v) is 21.0. The lowest BCUT2D eigenvalue weighted by Crippen LogP contribution is -2.35. The van der Waals surface area contributed by atoms with Crippen LogP contribution in [0.15, 0.2) is 67.3 Å². The molecule has 8 nitrogen and oxygen atoms in total. The third-order valence-electron chi connectivity index (χ3n) is 6.79. The minimum absolute atomic E-state index is 0.563. The molecule has 36 heavy (non-hydrogen) atoms. The zero-order valence-electron chi connectivity index (χ0n) is 21.0. The van der Waals surface area contributed by atoms with Crippen molar-refractivity contribution < 1.29 is 4.74 Å². The van der Waals surface area contributed by atoms with Gasteiger partial charge in [0, 0.05) is 61.8 Å². The Kier molecular flexibility index (Phi) is 7.64. The molecule has 1 N–H and O–H groups in total. The van der Waals surface area contributed by atoms with Crippen molar-refractivity contribution in [1.29, 1.82) is 0 Å². The molecule has 1 aliphatic heterocycles. The molecule has 3 aromatic heterocycles. The Morgan fingerprint density at radius 1 is 1.06 bits per heavy atom. The lowest BCUT2D eigenvalue weighted by molar-refractivity contribution is 0.130. The number of methoxy groups -OCH3 is 1. The van der Waals surface area contributed by atoms with Gasteiger partial charge in [-0.2, -0.15) is 5.10 Å². The molecule has 5 rings (SSSR count). The summed E-state index contributed by atoms with van der Waals surface area (Å²) >= 11 is 0. The quantitative estimate of drug-likeness (QED) is 0.359. The van der Waals surface area contributed by atoms with E-state index in [2.05, 4.69) is 51.4 Å². The largest absolute Gasteiger partial charge is 0.383 e. The van der Waals surface area contributed by atoms with Crippen molar-refractivity contribution in [3.63, 3.8) is 0 Å². The van der Waals surface area contributed by atoms with E-state index in [1.165, 1.54) is 18.4 Å². The second kappa shape index (κ2) is 11.4. The molecule has 0 radical (unpaired) electrons. The van der Waals surface area contributed by atoms with Gasteiger partial charge in [-0.05, 0) is 74.7 Å². The highest BCUT2D eigenvalue weighted by Crippen LogP contribution is 2.31. The van der Waals surface area contributed by atoms with Gasteiger partial charge < -0.3 is 15.0 Å². The molecule has 0 spiro atoms. The number of aryl methyl sites for hydroxylation is 1. The van der Waals surface area contributed by atoms with Crippen molar-refractivity contribution in [2.45, 2.75) is 32.2 Å². The van der Waals surface area contributed by atoms with Crippen LogP contribution in [0.3, 0.4) is 0 Å². The number of benzene rings is 1. The van der Waals surface area contributed by atoms with E-state index in [0.29, 0.717) is 11.9 Å². The lowest BCUT2D eigenvalue weighted by atomic mass is 9.89. The SMILES string of the molecule is CCn1cc(-c2ccnc(Nc3ccc(C4CCN(CCOC)CC4)cc3)n2)c(-c2cccnc2)n1. The van der Waals surface area contributed by atoms with Crippen molar-refractivity contribution in [3.8, 4) is 22.5 Å². The van der Waals surface area contributed by atoms with E-state index in [4.69, 9.17) is 14.8 Å². The predicted octanol–water partition coefficient (Wildman–Crippen LogP) is 4.99. The van der Waals surface area contributed by atoms with Crippen LogP contribution in [-0.2, 0) is 11.3 Å². The fraction of sp³-hybridized carbons (Fsp3) is 0.357. The molecule has 1 saturated heterocycles. The Hall–Kier alpha value is -3.62. The molecule has 4 aromatic rings. The van der Waals surface area contributed by atoms with Crippen LogP contribution < -0.4 is 5.32 Å². The van der Waals surface area contributed by atoms with Gasteiger partial charge >= 0.3 is 0 Å². The van der Waals surface area contributed by atoms with E-state index in [1.54, 1.807) is 19.5 Å². The van der Waals surface area contributed by atoms with Crippen molar-refractivity contribution >= 4 is 11.6 Å². The van der Waals surface area contributed by atoms with Crippen molar-refractivity contribution in [3.05, 3.63) is 72.8 Å². The Morgan fingerprint density at radius 2 is 1.89 bits per heavy atom. The van der Waals surface area contributed by atoms with Crippen LogP contribution >= 0.6 is 0 Å². The van der Waals surface area contributed by atoms with Gasteiger partial charge in [-0.25, -0.2) is 9.97 Å². The maximum absolute atomic E-state index is 5.22. The molecular weight excluding hydrogens is 450 g/mol. The molecule has 0 aliphatic carbocycles. The average Bonchev–Trinajstić information content (AvgIpc) is 3.38. The first-order chi connectivity index (χ1) is 17.7. The number of anilines is 2. The second-order valence-corrected chi connectivity index (χ2v) is 9.11. The molecule has 186 valence electrons. The summed E-state index contributed by atoms with van der Waals surface area (Å²) in [7, 11) is 1.77. The molecule has 0 atom stereocenters. The maximum atomic E-state index is 5.22. The van der Waals surface area contributed by atoms with E-state index < -0.39 is 0 Å². The predicted molar refractivity (Wildman–Crippen MR) is 142 cm³/mol. The Labute approximate surface area is 212 Å². The summed E-state index contributed by atoms with van der Waals surface area (Å²) < 4.78 is 7.14. The van der Waals surface area contributed by atoms with Crippen LogP contribution in [0.4, 0.5) is 11.6 Å². The van der Waals surface area contributed by atoms with Gasteiger partial charge in [-0.3, -0.25) is 9.67 Å². The Balaban J connectivity index is 1.29. The first kappa shape index (κ1) is 24.1. The number of nitrogens with one attached hydrogen (secondary N) is 1. The van der Waals surface area contributed by atoms with Crippen LogP contribution in [-0.4, -0.2) is 63.0 Å². The molecule has 0 saturated carbocycles. The van der Waals surface area contributed by atoms with Gasteiger partial charge in [0.2, 0.25) is 5.95 Å². The first-order valence-corrected chi connectivity index (χ1v) is 12.6. The van der Waals surface area contributed by atoms with Crippen LogP contribution in [0.5, 0.6) is 0 Å². The summed E-state index contributed by atoms with van der Waals surface area (Å²) in [5.41, 5.74) is 5.99. The van der Waals surface area contributed by atoms with E-state index in [9.17, 15) is 0 Å². The number of rotatable bonds is 9. The highest BCUT2D eigenvalue weighted by molar-refractivity contribution is 5.78. The second-order valence-electron chi connectivity index (χ2n) is 9.11. The van der Waals surface area contributed by atoms with Gasteiger partial charge in [0.1, 0.15) is 5.69 Å². The number of hydrogen-bond donors (Lipinski definition) is 1. The summed E-state index contributed by atoms with van der Waals surface area (Å²) in [6.07, 6.45) is 9.79. The molecule has 4 heterocycles. The lowest BCUT2D eigenvalue weighted by Gasteiger charge is -2.32. The average molecular weight is 484 g/mol. The number of hydrogen-bond acceptors (Lipinski definition) is 7. The topological polar surface area (TPSA) is 81.0 Å². The van der Waals surface area contributed by atoms with Crippen LogP contribution in [0, 0.1) is 0 Å². The van der Waals surface area contributed by atoms with Crippen molar-refractivity contribution in [2.24, 2.45) is 0 Å². The Bertz CT molecular complexity index is 1250. The molecule has 0 unspecified atom stereocenters. The molecule has 0 bridgehead atoms. The van der Waals surface area contributed by atoms with Gasteiger partial charge in [0.25, 0.3) is 0 Å². The highest BCUT2D eigenvalue weighted by atomic mass is 16.5.